The molecule has 0 saturated carbocycles. The van der Waals surface area contributed by atoms with Crippen molar-refractivity contribution in [3.05, 3.63) is 53.4 Å². The van der Waals surface area contributed by atoms with Gasteiger partial charge in [-0.25, -0.2) is 0 Å². The molecule has 96 valence electrons. The van der Waals surface area contributed by atoms with E-state index in [-0.39, 0.29) is 11.6 Å². The zero-order chi connectivity index (χ0) is 13.5. The van der Waals surface area contributed by atoms with E-state index < -0.39 is 0 Å². The Kier molecular flexibility index (Phi) is 4.99. The molecule has 0 heterocycles. The average molecular weight is 246 g/mol. The minimum atomic E-state index is -0.332. The van der Waals surface area contributed by atoms with Gasteiger partial charge in [0.2, 0.25) is 0 Å². The lowest BCUT2D eigenvalue weighted by molar-refractivity contribution is -0.117. The van der Waals surface area contributed by atoms with E-state index in [1.54, 1.807) is 6.08 Å². The summed E-state index contributed by atoms with van der Waals surface area (Å²) in [5.74, 6) is 0.900. The molecule has 1 rings (SSSR count). The largest absolute Gasteiger partial charge is 0.458 e. The molecule has 0 aromatic heterocycles. The van der Waals surface area contributed by atoms with Crippen molar-refractivity contribution in [3.63, 3.8) is 0 Å². The molecule has 1 aromatic rings. The summed E-state index contributed by atoms with van der Waals surface area (Å²) in [4.78, 5) is 11.3. The van der Waals surface area contributed by atoms with Gasteiger partial charge in [0.15, 0.2) is 0 Å². The summed E-state index contributed by atoms with van der Waals surface area (Å²) < 4.78 is 5.61. The Balaban J connectivity index is 2.81. The molecule has 0 spiro atoms. The number of carbonyl (C=O) groups excluding carboxylic acids is 1. The van der Waals surface area contributed by atoms with Crippen LogP contribution in [0.5, 0.6) is 5.75 Å². The molecule has 4 nitrogen and oxygen atoms in total. The fourth-order valence-corrected chi connectivity index (χ4v) is 1.28. The van der Waals surface area contributed by atoms with Crippen molar-refractivity contribution in [1.82, 2.24) is 5.32 Å². The van der Waals surface area contributed by atoms with Crippen LogP contribution < -0.4 is 15.8 Å². The quantitative estimate of drug-likeness (QED) is 0.484. The highest BCUT2D eigenvalue weighted by molar-refractivity contribution is 5.92. The van der Waals surface area contributed by atoms with Crippen molar-refractivity contribution in [2.75, 3.05) is 7.05 Å². The maximum Gasteiger partial charge on any atom is 0.267 e. The summed E-state index contributed by atoms with van der Waals surface area (Å²) in [6.07, 6.45) is 3.24. The van der Waals surface area contributed by atoms with E-state index in [0.29, 0.717) is 11.5 Å². The molecule has 1 aromatic carbocycles. The lowest BCUT2D eigenvalue weighted by atomic mass is 10.2. The molecule has 0 atom stereocenters. The molecule has 0 bridgehead atoms. The lowest BCUT2D eigenvalue weighted by Gasteiger charge is -2.07. The van der Waals surface area contributed by atoms with Crippen LogP contribution in [0.3, 0.4) is 0 Å². The van der Waals surface area contributed by atoms with Crippen molar-refractivity contribution in [1.29, 1.82) is 0 Å². The Morgan fingerprint density at radius 2 is 1.94 bits per heavy atom. The molecular formula is C14H18N2O2. The van der Waals surface area contributed by atoms with Crippen LogP contribution in [-0.4, -0.2) is 13.0 Å². The van der Waals surface area contributed by atoms with Gasteiger partial charge in [-0.2, -0.15) is 0 Å². The number of rotatable bonds is 4. The molecular weight excluding hydrogens is 228 g/mol. The number of nitrogens with two attached hydrogens (primary N) is 1. The summed E-state index contributed by atoms with van der Waals surface area (Å²) in [7, 11) is 1.53. The van der Waals surface area contributed by atoms with E-state index >= 15 is 0 Å². The number of likely N-dealkylation sites (N-methyl/N-ethyl adjacent to an activating group) is 1. The van der Waals surface area contributed by atoms with Gasteiger partial charge in [-0.3, -0.25) is 4.79 Å². The SMILES string of the molecule is C/C=C(\C=C(/N)C(=O)NC)Oc1ccc(C)cc1. The van der Waals surface area contributed by atoms with Crippen LogP contribution in [0.4, 0.5) is 0 Å². The Hall–Kier alpha value is -2.23. The van der Waals surface area contributed by atoms with E-state index in [4.69, 9.17) is 10.5 Å². The third-order valence-electron chi connectivity index (χ3n) is 2.33. The molecule has 4 heteroatoms. The number of benzene rings is 1. The van der Waals surface area contributed by atoms with Gasteiger partial charge in [0.05, 0.1) is 0 Å². The minimum absolute atomic E-state index is 0.109. The summed E-state index contributed by atoms with van der Waals surface area (Å²) in [6, 6.07) is 7.63. The van der Waals surface area contributed by atoms with Gasteiger partial charge in [0, 0.05) is 13.1 Å². The number of nitrogens with one attached hydrogen (secondary N) is 1. The number of amides is 1. The van der Waals surface area contributed by atoms with Crippen molar-refractivity contribution >= 4 is 5.91 Å². The molecule has 3 N–H and O–H groups in total. The van der Waals surface area contributed by atoms with Crippen LogP contribution in [0.15, 0.2) is 47.9 Å². The third kappa shape index (κ3) is 3.97. The van der Waals surface area contributed by atoms with E-state index in [2.05, 4.69) is 5.32 Å². The van der Waals surface area contributed by atoms with E-state index in [9.17, 15) is 4.79 Å². The number of aryl methyl sites for hydroxylation is 1. The number of hydrogen-bond donors (Lipinski definition) is 2. The maximum absolute atomic E-state index is 11.3. The topological polar surface area (TPSA) is 64.4 Å². The predicted octanol–water partition coefficient (Wildman–Crippen LogP) is 1.87. The highest BCUT2D eigenvalue weighted by Crippen LogP contribution is 2.15. The zero-order valence-electron chi connectivity index (χ0n) is 10.9. The van der Waals surface area contributed by atoms with Crippen LogP contribution in [0, 0.1) is 6.92 Å². The second kappa shape index (κ2) is 6.49. The number of hydrogen-bond acceptors (Lipinski definition) is 3. The molecule has 0 unspecified atom stereocenters. The molecule has 0 saturated heterocycles. The summed E-state index contributed by atoms with van der Waals surface area (Å²) in [5.41, 5.74) is 6.88. The first-order chi connectivity index (χ1) is 8.56. The van der Waals surface area contributed by atoms with Crippen LogP contribution in [-0.2, 0) is 4.79 Å². The zero-order valence-corrected chi connectivity index (χ0v) is 10.9. The molecule has 1 amide bonds. The van der Waals surface area contributed by atoms with Gasteiger partial charge in [-0.1, -0.05) is 17.7 Å². The fourth-order valence-electron chi connectivity index (χ4n) is 1.28. The normalized spacial score (nSPS) is 12.2. The van der Waals surface area contributed by atoms with Gasteiger partial charge in [0.25, 0.3) is 5.91 Å². The molecule has 0 radical (unpaired) electrons. The smallest absolute Gasteiger partial charge is 0.267 e. The summed E-state index contributed by atoms with van der Waals surface area (Å²) >= 11 is 0. The molecule has 18 heavy (non-hydrogen) atoms. The lowest BCUT2D eigenvalue weighted by Crippen LogP contribution is -2.25. The molecule has 0 fully saturated rings. The van der Waals surface area contributed by atoms with Crippen LogP contribution in [0.2, 0.25) is 0 Å². The summed E-state index contributed by atoms with van der Waals surface area (Å²) in [6.45, 7) is 3.82. The second-order valence-electron chi connectivity index (χ2n) is 3.78. The highest BCUT2D eigenvalue weighted by Gasteiger charge is 2.04. The van der Waals surface area contributed by atoms with Crippen LogP contribution >= 0.6 is 0 Å². The van der Waals surface area contributed by atoms with Gasteiger partial charge >= 0.3 is 0 Å². The maximum atomic E-state index is 11.3. The van der Waals surface area contributed by atoms with Gasteiger partial charge in [0.1, 0.15) is 17.2 Å². The second-order valence-corrected chi connectivity index (χ2v) is 3.78. The molecule has 0 aliphatic rings. The van der Waals surface area contributed by atoms with Crippen molar-refractivity contribution < 1.29 is 9.53 Å². The Bertz CT molecular complexity index is 473. The summed E-state index contributed by atoms with van der Waals surface area (Å²) in [5, 5.41) is 2.45. The Morgan fingerprint density at radius 3 is 2.44 bits per heavy atom. The first-order valence-corrected chi connectivity index (χ1v) is 5.67. The Morgan fingerprint density at radius 1 is 1.33 bits per heavy atom. The van der Waals surface area contributed by atoms with E-state index in [1.165, 1.54) is 13.1 Å². The molecule has 0 aliphatic carbocycles. The van der Waals surface area contributed by atoms with Crippen molar-refractivity contribution in [2.24, 2.45) is 5.73 Å². The number of ether oxygens (including phenoxy) is 1. The Labute approximate surface area is 107 Å². The average Bonchev–Trinajstić information content (AvgIpc) is 2.39. The first kappa shape index (κ1) is 13.8. The third-order valence-corrected chi connectivity index (χ3v) is 2.33. The van der Waals surface area contributed by atoms with Crippen LogP contribution in [0.1, 0.15) is 12.5 Å². The molecule has 0 aliphatic heterocycles. The van der Waals surface area contributed by atoms with Gasteiger partial charge in [-0.15, -0.1) is 0 Å². The van der Waals surface area contributed by atoms with E-state index in [1.807, 2.05) is 38.1 Å². The van der Waals surface area contributed by atoms with Gasteiger partial charge in [-0.05, 0) is 32.1 Å². The standard InChI is InChI=1S/C14H18N2O2/c1-4-11(9-13(15)14(17)16-3)18-12-7-5-10(2)6-8-12/h4-9H,15H2,1-3H3,(H,16,17)/b11-4+,13-9-. The highest BCUT2D eigenvalue weighted by atomic mass is 16.5. The monoisotopic (exact) mass is 246 g/mol. The predicted molar refractivity (Wildman–Crippen MR) is 71.9 cm³/mol. The van der Waals surface area contributed by atoms with E-state index in [0.717, 1.165) is 5.56 Å². The number of carbonyl (C=O) groups is 1. The number of allylic oxidation sites excluding steroid dienone is 2. The van der Waals surface area contributed by atoms with Crippen molar-refractivity contribution in [3.8, 4) is 5.75 Å². The minimum Gasteiger partial charge on any atom is -0.458 e. The fraction of sp³-hybridized carbons (Fsp3) is 0.214. The van der Waals surface area contributed by atoms with Crippen molar-refractivity contribution in [2.45, 2.75) is 13.8 Å². The first-order valence-electron chi connectivity index (χ1n) is 5.67. The van der Waals surface area contributed by atoms with Crippen LogP contribution in [0.25, 0.3) is 0 Å². The van der Waals surface area contributed by atoms with Gasteiger partial charge < -0.3 is 15.8 Å².